The molecule has 2 fully saturated rings. The number of hydrogen-bond donors (Lipinski definition) is 2. The van der Waals surface area contributed by atoms with Crippen molar-refractivity contribution in [2.24, 2.45) is 11.3 Å². The highest BCUT2D eigenvalue weighted by atomic mass is 16.2. The van der Waals surface area contributed by atoms with Crippen molar-refractivity contribution in [2.75, 3.05) is 19.6 Å². The van der Waals surface area contributed by atoms with Crippen molar-refractivity contribution in [1.29, 1.82) is 0 Å². The van der Waals surface area contributed by atoms with Crippen LogP contribution in [0.5, 0.6) is 0 Å². The van der Waals surface area contributed by atoms with Crippen molar-refractivity contribution >= 4 is 5.91 Å². The van der Waals surface area contributed by atoms with Gasteiger partial charge in [0.1, 0.15) is 0 Å². The second-order valence-corrected chi connectivity index (χ2v) is 4.74. The summed E-state index contributed by atoms with van der Waals surface area (Å²) in [7, 11) is 0. The number of hydrogen-bond acceptors (Lipinski definition) is 2. The minimum Gasteiger partial charge on any atom is -0.356 e. The number of amides is 1. The van der Waals surface area contributed by atoms with Crippen molar-refractivity contribution in [3.8, 4) is 0 Å². The third-order valence-corrected chi connectivity index (χ3v) is 3.75. The first-order chi connectivity index (χ1) is 7.28. The number of carbonyl (C=O) groups excluding carboxylic acids is 1. The van der Waals surface area contributed by atoms with E-state index >= 15 is 0 Å². The fourth-order valence-electron chi connectivity index (χ4n) is 2.62. The van der Waals surface area contributed by atoms with Gasteiger partial charge in [-0.2, -0.15) is 0 Å². The maximum absolute atomic E-state index is 11.8. The lowest BCUT2D eigenvalue weighted by Crippen LogP contribution is -2.33. The minimum atomic E-state index is 0.263. The summed E-state index contributed by atoms with van der Waals surface area (Å²) in [5.74, 6) is 0.558. The maximum atomic E-state index is 11.8. The molecule has 1 aliphatic carbocycles. The highest BCUT2D eigenvalue weighted by Gasteiger charge is 2.57. The average Bonchev–Trinajstić information content (AvgIpc) is 2.94. The van der Waals surface area contributed by atoms with Gasteiger partial charge in [-0.3, -0.25) is 4.79 Å². The summed E-state index contributed by atoms with van der Waals surface area (Å²) in [6, 6.07) is 0. The molecule has 2 rings (SSSR count). The quantitative estimate of drug-likeness (QED) is 0.536. The molecule has 2 N–H and O–H groups in total. The van der Waals surface area contributed by atoms with Crippen molar-refractivity contribution in [2.45, 2.75) is 25.7 Å². The van der Waals surface area contributed by atoms with E-state index in [1.54, 1.807) is 0 Å². The number of piperidine rings is 1. The van der Waals surface area contributed by atoms with Gasteiger partial charge >= 0.3 is 0 Å². The second kappa shape index (κ2) is 4.35. The molecule has 84 valence electrons. The Morgan fingerprint density at radius 1 is 1.53 bits per heavy atom. The first kappa shape index (κ1) is 10.7. The minimum absolute atomic E-state index is 0.263. The molecule has 1 aliphatic heterocycles. The standard InChI is InChI=1S/C12H20N2O/c1-2-3-6-14-11(15)10-9-12(10)4-7-13-8-5-12/h2,10,13H,1,3-9H2,(H,14,15). The van der Waals surface area contributed by atoms with E-state index in [9.17, 15) is 4.79 Å². The first-order valence-electron chi connectivity index (χ1n) is 5.88. The Balaban J connectivity index is 1.76. The Morgan fingerprint density at radius 3 is 2.93 bits per heavy atom. The average molecular weight is 208 g/mol. The van der Waals surface area contributed by atoms with Gasteiger partial charge in [0.25, 0.3) is 0 Å². The molecule has 1 spiro atoms. The summed E-state index contributed by atoms with van der Waals surface area (Å²) in [4.78, 5) is 11.8. The fourth-order valence-corrected chi connectivity index (χ4v) is 2.62. The summed E-state index contributed by atoms with van der Waals surface area (Å²) >= 11 is 0. The third-order valence-electron chi connectivity index (χ3n) is 3.75. The van der Waals surface area contributed by atoms with Gasteiger partial charge in [-0.15, -0.1) is 6.58 Å². The van der Waals surface area contributed by atoms with Crippen LogP contribution in [0.1, 0.15) is 25.7 Å². The zero-order valence-corrected chi connectivity index (χ0v) is 9.22. The number of rotatable bonds is 4. The highest BCUT2D eigenvalue weighted by Crippen LogP contribution is 2.58. The zero-order valence-electron chi connectivity index (χ0n) is 9.22. The molecule has 1 saturated carbocycles. The molecular weight excluding hydrogens is 188 g/mol. The van der Waals surface area contributed by atoms with Gasteiger partial charge in [0.15, 0.2) is 0 Å². The fraction of sp³-hybridized carbons (Fsp3) is 0.750. The molecule has 0 bridgehead atoms. The van der Waals surface area contributed by atoms with E-state index in [1.807, 2.05) is 6.08 Å². The molecular formula is C12H20N2O. The van der Waals surface area contributed by atoms with E-state index in [0.717, 1.165) is 32.5 Å². The van der Waals surface area contributed by atoms with Crippen LogP contribution in [0.4, 0.5) is 0 Å². The van der Waals surface area contributed by atoms with Crippen molar-refractivity contribution < 1.29 is 4.79 Å². The molecule has 1 atom stereocenters. The monoisotopic (exact) mass is 208 g/mol. The Bertz CT molecular complexity index is 256. The largest absolute Gasteiger partial charge is 0.356 e. The highest BCUT2D eigenvalue weighted by molar-refractivity contribution is 5.82. The first-order valence-corrected chi connectivity index (χ1v) is 5.88. The van der Waals surface area contributed by atoms with Gasteiger partial charge in [-0.1, -0.05) is 6.08 Å². The van der Waals surface area contributed by atoms with E-state index in [1.165, 1.54) is 12.8 Å². The third kappa shape index (κ3) is 2.23. The van der Waals surface area contributed by atoms with E-state index in [0.29, 0.717) is 11.3 Å². The van der Waals surface area contributed by atoms with Crippen LogP contribution in [0.25, 0.3) is 0 Å². The van der Waals surface area contributed by atoms with Crippen LogP contribution < -0.4 is 10.6 Å². The summed E-state index contributed by atoms with van der Waals surface area (Å²) in [6.45, 7) is 6.54. The van der Waals surface area contributed by atoms with Crippen LogP contribution in [0.2, 0.25) is 0 Å². The van der Waals surface area contributed by atoms with Gasteiger partial charge < -0.3 is 10.6 Å². The SMILES string of the molecule is C=CCCNC(=O)C1CC12CCNCC2. The van der Waals surface area contributed by atoms with E-state index in [-0.39, 0.29) is 5.91 Å². The van der Waals surface area contributed by atoms with E-state index in [2.05, 4.69) is 17.2 Å². The van der Waals surface area contributed by atoms with Gasteiger partial charge in [-0.25, -0.2) is 0 Å². The molecule has 1 saturated heterocycles. The molecule has 0 aromatic heterocycles. The molecule has 3 heteroatoms. The van der Waals surface area contributed by atoms with Crippen LogP contribution in [0.3, 0.4) is 0 Å². The number of carbonyl (C=O) groups is 1. The van der Waals surface area contributed by atoms with Crippen molar-refractivity contribution in [3.05, 3.63) is 12.7 Å². The Labute approximate surface area is 91.3 Å². The topological polar surface area (TPSA) is 41.1 Å². The maximum Gasteiger partial charge on any atom is 0.223 e. The molecule has 0 aromatic rings. The van der Waals surface area contributed by atoms with Crippen LogP contribution in [-0.4, -0.2) is 25.5 Å². The summed E-state index contributed by atoms with van der Waals surface area (Å²) < 4.78 is 0. The van der Waals surface area contributed by atoms with Gasteiger partial charge in [-0.05, 0) is 44.2 Å². The Morgan fingerprint density at radius 2 is 2.27 bits per heavy atom. The van der Waals surface area contributed by atoms with Crippen molar-refractivity contribution in [1.82, 2.24) is 10.6 Å². The molecule has 1 amide bonds. The van der Waals surface area contributed by atoms with Crippen LogP contribution in [0, 0.1) is 11.3 Å². The Kier molecular flexibility index (Phi) is 3.10. The lowest BCUT2D eigenvalue weighted by atomic mass is 9.92. The van der Waals surface area contributed by atoms with Gasteiger partial charge in [0, 0.05) is 12.5 Å². The lowest BCUT2D eigenvalue weighted by molar-refractivity contribution is -0.123. The summed E-state index contributed by atoms with van der Waals surface area (Å²) in [5.41, 5.74) is 0.365. The lowest BCUT2D eigenvalue weighted by Gasteiger charge is -2.23. The van der Waals surface area contributed by atoms with Crippen LogP contribution >= 0.6 is 0 Å². The van der Waals surface area contributed by atoms with E-state index < -0.39 is 0 Å². The number of nitrogens with one attached hydrogen (secondary N) is 2. The van der Waals surface area contributed by atoms with Gasteiger partial charge in [0.05, 0.1) is 0 Å². The smallest absolute Gasteiger partial charge is 0.223 e. The molecule has 1 heterocycles. The predicted molar refractivity (Wildman–Crippen MR) is 60.5 cm³/mol. The van der Waals surface area contributed by atoms with E-state index in [4.69, 9.17) is 0 Å². The second-order valence-electron chi connectivity index (χ2n) is 4.74. The normalized spacial score (nSPS) is 27.3. The summed E-state index contributed by atoms with van der Waals surface area (Å²) in [6.07, 6.45) is 6.16. The predicted octanol–water partition coefficient (Wildman–Crippen LogP) is 1.07. The Hall–Kier alpha value is -0.830. The molecule has 2 aliphatic rings. The molecule has 1 unspecified atom stereocenters. The van der Waals surface area contributed by atoms with Crippen LogP contribution in [0.15, 0.2) is 12.7 Å². The molecule has 15 heavy (non-hydrogen) atoms. The molecule has 0 aromatic carbocycles. The van der Waals surface area contributed by atoms with Crippen molar-refractivity contribution in [3.63, 3.8) is 0 Å². The molecule has 0 radical (unpaired) electrons. The zero-order chi connectivity index (χ0) is 10.7. The summed E-state index contributed by atoms with van der Waals surface area (Å²) in [5, 5.41) is 6.33. The van der Waals surface area contributed by atoms with Gasteiger partial charge in [0.2, 0.25) is 5.91 Å². The van der Waals surface area contributed by atoms with Crippen LogP contribution in [-0.2, 0) is 4.79 Å². The molecule has 3 nitrogen and oxygen atoms in total.